The molecule has 100 valence electrons. The molecule has 0 aliphatic rings. The molecule has 1 atom stereocenters. The lowest BCUT2D eigenvalue weighted by molar-refractivity contribution is -0.150. The summed E-state index contributed by atoms with van der Waals surface area (Å²) in [6, 6.07) is 2.92. The molecule has 0 aromatic heterocycles. The van der Waals surface area contributed by atoms with Gasteiger partial charge in [0.15, 0.2) is 6.61 Å². The Labute approximate surface area is 121 Å². The summed E-state index contributed by atoms with van der Waals surface area (Å²) >= 11 is 17.5. The zero-order valence-corrected chi connectivity index (χ0v) is 12.3. The Morgan fingerprint density at radius 3 is 2.44 bits per heavy atom. The van der Waals surface area contributed by atoms with Crippen molar-refractivity contribution in [2.45, 2.75) is 26.4 Å². The fourth-order valence-electron chi connectivity index (χ4n) is 1.09. The average Bonchev–Trinajstić information content (AvgIpc) is 2.32. The second-order valence-electron chi connectivity index (χ2n) is 3.69. The van der Waals surface area contributed by atoms with Crippen molar-refractivity contribution < 1.29 is 14.3 Å². The molecule has 1 rings (SSSR count). The molecule has 18 heavy (non-hydrogen) atoms. The van der Waals surface area contributed by atoms with E-state index in [9.17, 15) is 4.79 Å². The number of rotatable bonds is 5. The van der Waals surface area contributed by atoms with Crippen LogP contribution in [0.15, 0.2) is 12.1 Å². The monoisotopic (exact) mass is 310 g/mol. The molecule has 0 saturated heterocycles. The minimum atomic E-state index is -0.452. The van der Waals surface area contributed by atoms with Crippen molar-refractivity contribution in [3.8, 4) is 5.75 Å². The highest BCUT2D eigenvalue weighted by molar-refractivity contribution is 6.43. The van der Waals surface area contributed by atoms with Crippen molar-refractivity contribution in [2.75, 3.05) is 6.61 Å². The Kier molecular flexibility index (Phi) is 6.06. The van der Waals surface area contributed by atoms with Crippen molar-refractivity contribution >= 4 is 40.8 Å². The van der Waals surface area contributed by atoms with Crippen LogP contribution in [0.2, 0.25) is 15.1 Å². The first kappa shape index (κ1) is 15.4. The molecule has 0 aliphatic carbocycles. The second-order valence-corrected chi connectivity index (χ2v) is 4.92. The van der Waals surface area contributed by atoms with Crippen LogP contribution in [-0.4, -0.2) is 18.7 Å². The highest BCUT2D eigenvalue weighted by atomic mass is 35.5. The van der Waals surface area contributed by atoms with Gasteiger partial charge in [0.25, 0.3) is 0 Å². The van der Waals surface area contributed by atoms with Crippen molar-refractivity contribution in [3.63, 3.8) is 0 Å². The number of hydrogen-bond acceptors (Lipinski definition) is 3. The quantitative estimate of drug-likeness (QED) is 0.598. The standard InChI is InChI=1S/C12H13Cl3O3/c1-3-7(2)18-12(16)6-17-11-5-9(14)8(13)4-10(11)15/h4-5,7H,3,6H2,1-2H3. The number of ether oxygens (including phenoxy) is 2. The molecule has 0 amide bonds. The lowest BCUT2D eigenvalue weighted by Gasteiger charge is -2.12. The van der Waals surface area contributed by atoms with Crippen LogP contribution in [-0.2, 0) is 9.53 Å². The van der Waals surface area contributed by atoms with E-state index in [1.807, 2.05) is 13.8 Å². The Balaban J connectivity index is 2.58. The number of hydrogen-bond donors (Lipinski definition) is 0. The topological polar surface area (TPSA) is 35.5 Å². The van der Waals surface area contributed by atoms with E-state index < -0.39 is 5.97 Å². The van der Waals surface area contributed by atoms with Crippen LogP contribution in [0.4, 0.5) is 0 Å². The van der Waals surface area contributed by atoms with Gasteiger partial charge in [-0.2, -0.15) is 0 Å². The molecule has 0 bridgehead atoms. The van der Waals surface area contributed by atoms with Gasteiger partial charge >= 0.3 is 5.97 Å². The minimum Gasteiger partial charge on any atom is -0.480 e. The van der Waals surface area contributed by atoms with Crippen LogP contribution in [0.3, 0.4) is 0 Å². The molecule has 3 nitrogen and oxygen atoms in total. The van der Waals surface area contributed by atoms with E-state index in [4.69, 9.17) is 44.3 Å². The van der Waals surface area contributed by atoms with Gasteiger partial charge in [-0.1, -0.05) is 41.7 Å². The predicted molar refractivity (Wildman–Crippen MR) is 72.8 cm³/mol. The third-order valence-electron chi connectivity index (χ3n) is 2.23. The predicted octanol–water partition coefficient (Wildman–Crippen LogP) is 4.37. The molecule has 1 aromatic carbocycles. The molecule has 0 saturated carbocycles. The van der Waals surface area contributed by atoms with E-state index in [1.54, 1.807) is 0 Å². The lowest BCUT2D eigenvalue weighted by Crippen LogP contribution is -2.20. The van der Waals surface area contributed by atoms with Gasteiger partial charge in [0.1, 0.15) is 5.75 Å². The molecular formula is C12H13Cl3O3. The van der Waals surface area contributed by atoms with E-state index in [0.29, 0.717) is 20.8 Å². The van der Waals surface area contributed by atoms with Gasteiger partial charge < -0.3 is 9.47 Å². The molecule has 1 aromatic rings. The van der Waals surface area contributed by atoms with Crippen molar-refractivity contribution in [1.29, 1.82) is 0 Å². The summed E-state index contributed by atoms with van der Waals surface area (Å²) in [7, 11) is 0. The molecule has 6 heteroatoms. The van der Waals surface area contributed by atoms with Crippen LogP contribution in [0.1, 0.15) is 20.3 Å². The average molecular weight is 312 g/mol. The summed E-state index contributed by atoms with van der Waals surface area (Å²) in [5, 5.41) is 0.934. The van der Waals surface area contributed by atoms with Gasteiger partial charge in [-0.15, -0.1) is 0 Å². The smallest absolute Gasteiger partial charge is 0.344 e. The van der Waals surface area contributed by atoms with Gasteiger partial charge in [0, 0.05) is 6.07 Å². The number of halogens is 3. The van der Waals surface area contributed by atoms with Crippen molar-refractivity contribution in [2.24, 2.45) is 0 Å². The Bertz CT molecular complexity index is 435. The summed E-state index contributed by atoms with van der Waals surface area (Å²) in [4.78, 5) is 11.4. The van der Waals surface area contributed by atoms with Crippen LogP contribution in [0.25, 0.3) is 0 Å². The van der Waals surface area contributed by atoms with Crippen LogP contribution in [0, 0.1) is 0 Å². The number of carbonyl (C=O) groups excluding carboxylic acids is 1. The Morgan fingerprint density at radius 1 is 1.22 bits per heavy atom. The van der Waals surface area contributed by atoms with Crippen molar-refractivity contribution in [1.82, 2.24) is 0 Å². The molecule has 0 heterocycles. The van der Waals surface area contributed by atoms with E-state index >= 15 is 0 Å². The zero-order valence-electron chi connectivity index (χ0n) is 10.0. The van der Waals surface area contributed by atoms with Crippen molar-refractivity contribution in [3.05, 3.63) is 27.2 Å². The summed E-state index contributed by atoms with van der Waals surface area (Å²) < 4.78 is 10.3. The van der Waals surface area contributed by atoms with Crippen LogP contribution < -0.4 is 4.74 Å². The molecule has 0 aliphatic heterocycles. The van der Waals surface area contributed by atoms with Gasteiger partial charge in [0.2, 0.25) is 0 Å². The normalized spacial score (nSPS) is 12.1. The maximum atomic E-state index is 11.4. The zero-order chi connectivity index (χ0) is 13.7. The fraction of sp³-hybridized carbons (Fsp3) is 0.417. The molecule has 0 N–H and O–H groups in total. The summed E-state index contributed by atoms with van der Waals surface area (Å²) in [5.41, 5.74) is 0. The minimum absolute atomic E-state index is 0.134. The first-order valence-electron chi connectivity index (χ1n) is 5.40. The van der Waals surface area contributed by atoms with E-state index in [1.165, 1.54) is 12.1 Å². The summed E-state index contributed by atoms with van der Waals surface area (Å²) in [6.07, 6.45) is 0.615. The highest BCUT2D eigenvalue weighted by Gasteiger charge is 2.11. The maximum Gasteiger partial charge on any atom is 0.344 e. The summed E-state index contributed by atoms with van der Waals surface area (Å²) in [5.74, 6) is -0.154. The molecular weight excluding hydrogens is 298 g/mol. The molecule has 0 spiro atoms. The van der Waals surface area contributed by atoms with Gasteiger partial charge in [0.05, 0.1) is 21.2 Å². The number of carbonyl (C=O) groups is 1. The highest BCUT2D eigenvalue weighted by Crippen LogP contribution is 2.33. The number of benzene rings is 1. The second kappa shape index (κ2) is 7.07. The first-order valence-corrected chi connectivity index (χ1v) is 6.54. The van der Waals surface area contributed by atoms with Gasteiger partial charge in [-0.05, 0) is 19.4 Å². The Morgan fingerprint density at radius 2 is 1.83 bits per heavy atom. The third-order valence-corrected chi connectivity index (χ3v) is 3.25. The Hall–Kier alpha value is -0.640. The molecule has 1 unspecified atom stereocenters. The molecule has 0 radical (unpaired) electrons. The van der Waals surface area contributed by atoms with Gasteiger partial charge in [-0.25, -0.2) is 4.79 Å². The van der Waals surface area contributed by atoms with E-state index in [-0.39, 0.29) is 12.7 Å². The van der Waals surface area contributed by atoms with E-state index in [2.05, 4.69) is 0 Å². The fourth-order valence-corrected chi connectivity index (χ4v) is 1.68. The maximum absolute atomic E-state index is 11.4. The van der Waals surface area contributed by atoms with Gasteiger partial charge in [-0.3, -0.25) is 0 Å². The number of esters is 1. The SMILES string of the molecule is CCC(C)OC(=O)COc1cc(Cl)c(Cl)cc1Cl. The van der Waals surface area contributed by atoms with E-state index in [0.717, 1.165) is 6.42 Å². The largest absolute Gasteiger partial charge is 0.480 e. The first-order chi connectivity index (χ1) is 8.43. The summed E-state index contributed by atoms with van der Waals surface area (Å²) in [6.45, 7) is 3.51. The third kappa shape index (κ3) is 4.56. The molecule has 0 fully saturated rings. The lowest BCUT2D eigenvalue weighted by atomic mass is 10.3. The van der Waals surface area contributed by atoms with Crippen LogP contribution >= 0.6 is 34.8 Å². The van der Waals surface area contributed by atoms with Crippen LogP contribution in [0.5, 0.6) is 5.75 Å².